The Morgan fingerprint density at radius 2 is 1.50 bits per heavy atom. The lowest BCUT2D eigenvalue weighted by atomic mass is 9.97. The number of hydrazone groups is 1. The number of rotatable bonds is 7. The van der Waals surface area contributed by atoms with Gasteiger partial charge in [0, 0.05) is 16.1 Å². The molecule has 34 heavy (non-hydrogen) atoms. The molecular formula is C28H26ClN3O2. The number of halogens is 1. The molecule has 1 unspecified atom stereocenters. The molecule has 0 bridgehead atoms. The van der Waals surface area contributed by atoms with E-state index in [1.807, 2.05) is 50.2 Å². The van der Waals surface area contributed by atoms with Gasteiger partial charge in [-0.15, -0.1) is 0 Å². The fourth-order valence-electron chi connectivity index (χ4n) is 3.97. The maximum Gasteiger partial charge on any atom is 0.262 e. The molecule has 0 heterocycles. The minimum atomic E-state index is -0.718. The zero-order valence-corrected chi connectivity index (χ0v) is 19.8. The second kappa shape index (κ2) is 10.5. The molecule has 0 saturated carbocycles. The summed E-state index contributed by atoms with van der Waals surface area (Å²) >= 11 is 5.91. The summed E-state index contributed by atoms with van der Waals surface area (Å²) in [6, 6.07) is 24.1. The van der Waals surface area contributed by atoms with Crippen LogP contribution < -0.4 is 10.7 Å². The number of nitrogens with zero attached hydrogens (tertiary/aromatic N) is 1. The number of carbonyl (C=O) groups excluding carboxylic acids is 2. The Balaban J connectivity index is 1.55. The number of hydrogen-bond donors (Lipinski definition) is 2. The first kappa shape index (κ1) is 23.5. The van der Waals surface area contributed by atoms with Crippen LogP contribution >= 0.6 is 11.6 Å². The highest BCUT2D eigenvalue weighted by molar-refractivity contribution is 6.30. The summed E-state index contributed by atoms with van der Waals surface area (Å²) in [6.45, 7) is 4.00. The molecule has 1 atom stereocenters. The molecule has 0 radical (unpaired) electrons. The van der Waals surface area contributed by atoms with Crippen molar-refractivity contribution >= 4 is 51.2 Å². The van der Waals surface area contributed by atoms with Crippen LogP contribution in [-0.2, 0) is 4.79 Å². The Hall–Kier alpha value is -3.70. The predicted molar refractivity (Wildman–Crippen MR) is 139 cm³/mol. The van der Waals surface area contributed by atoms with Gasteiger partial charge in [0.1, 0.15) is 6.04 Å². The average molecular weight is 472 g/mol. The fraction of sp³-hybridized carbons (Fsp3) is 0.179. The van der Waals surface area contributed by atoms with Crippen LogP contribution in [-0.4, -0.2) is 24.1 Å². The van der Waals surface area contributed by atoms with E-state index in [9.17, 15) is 9.59 Å². The molecular weight excluding hydrogens is 446 g/mol. The molecule has 0 aliphatic rings. The van der Waals surface area contributed by atoms with Gasteiger partial charge in [0.25, 0.3) is 11.8 Å². The van der Waals surface area contributed by atoms with Gasteiger partial charge in [0.15, 0.2) is 0 Å². The van der Waals surface area contributed by atoms with Crippen LogP contribution in [0, 0.1) is 5.92 Å². The second-order valence-corrected chi connectivity index (χ2v) is 9.07. The standard InChI is InChI=1S/C28H26ClN3O2/c1-18(2)15-26(31-27(33)19-11-13-22(29)14-12-19)28(34)32-30-17-25-23-9-5-3-7-20(23)16-21-8-4-6-10-24(21)25/h3-14,16-18,26H,15H2,1-2H3,(H,31,33)(H,32,34)/b30-17+. The third-order valence-electron chi connectivity index (χ3n) is 5.62. The molecule has 0 fully saturated rings. The highest BCUT2D eigenvalue weighted by Gasteiger charge is 2.22. The van der Waals surface area contributed by atoms with Gasteiger partial charge in [-0.25, -0.2) is 5.43 Å². The Bertz CT molecular complexity index is 1310. The Morgan fingerprint density at radius 1 is 0.912 bits per heavy atom. The molecule has 0 saturated heterocycles. The van der Waals surface area contributed by atoms with E-state index < -0.39 is 6.04 Å². The SMILES string of the molecule is CC(C)CC(NC(=O)c1ccc(Cl)cc1)C(=O)N/N=C/c1c2ccccc2cc2ccccc12. The van der Waals surface area contributed by atoms with E-state index in [1.165, 1.54) is 0 Å². The maximum atomic E-state index is 13.0. The molecule has 172 valence electrons. The van der Waals surface area contributed by atoms with Crippen molar-refractivity contribution in [3.05, 3.63) is 95.0 Å². The highest BCUT2D eigenvalue weighted by atomic mass is 35.5. The summed E-state index contributed by atoms with van der Waals surface area (Å²) in [5.74, 6) is -0.495. The average Bonchev–Trinajstić information content (AvgIpc) is 2.83. The zero-order chi connectivity index (χ0) is 24.1. The van der Waals surface area contributed by atoms with Crippen LogP contribution in [0.2, 0.25) is 5.02 Å². The first-order chi connectivity index (χ1) is 16.4. The van der Waals surface area contributed by atoms with Crippen molar-refractivity contribution in [2.24, 2.45) is 11.0 Å². The minimum Gasteiger partial charge on any atom is -0.340 e. The Morgan fingerprint density at radius 3 is 2.09 bits per heavy atom. The van der Waals surface area contributed by atoms with E-state index >= 15 is 0 Å². The Labute approximate surface area is 203 Å². The van der Waals surface area contributed by atoms with Gasteiger partial charge in [-0.05, 0) is 64.2 Å². The molecule has 4 aromatic carbocycles. The van der Waals surface area contributed by atoms with Gasteiger partial charge in [-0.3, -0.25) is 9.59 Å². The van der Waals surface area contributed by atoms with Gasteiger partial charge in [-0.2, -0.15) is 5.10 Å². The molecule has 0 aliphatic carbocycles. The molecule has 0 spiro atoms. The fourth-order valence-corrected chi connectivity index (χ4v) is 4.10. The first-order valence-corrected chi connectivity index (χ1v) is 11.6. The number of hydrogen-bond acceptors (Lipinski definition) is 3. The first-order valence-electron chi connectivity index (χ1n) is 11.2. The van der Waals surface area contributed by atoms with Crippen molar-refractivity contribution in [2.45, 2.75) is 26.3 Å². The largest absolute Gasteiger partial charge is 0.340 e. The van der Waals surface area contributed by atoms with Gasteiger partial charge in [0.05, 0.1) is 6.21 Å². The van der Waals surface area contributed by atoms with Crippen molar-refractivity contribution in [1.82, 2.24) is 10.7 Å². The summed E-state index contributed by atoms with van der Waals surface area (Å²) in [4.78, 5) is 25.6. The summed E-state index contributed by atoms with van der Waals surface area (Å²) in [6.07, 6.45) is 2.16. The number of nitrogens with one attached hydrogen (secondary N) is 2. The van der Waals surface area contributed by atoms with Crippen LogP contribution in [0.15, 0.2) is 84.0 Å². The van der Waals surface area contributed by atoms with Crippen molar-refractivity contribution in [1.29, 1.82) is 0 Å². The monoisotopic (exact) mass is 471 g/mol. The zero-order valence-electron chi connectivity index (χ0n) is 19.1. The van der Waals surface area contributed by atoms with E-state index in [-0.39, 0.29) is 17.7 Å². The molecule has 2 N–H and O–H groups in total. The lowest BCUT2D eigenvalue weighted by Crippen LogP contribution is -2.46. The van der Waals surface area contributed by atoms with Crippen molar-refractivity contribution in [3.8, 4) is 0 Å². The van der Waals surface area contributed by atoms with E-state index in [0.717, 1.165) is 27.1 Å². The minimum absolute atomic E-state index is 0.201. The number of amides is 2. The van der Waals surface area contributed by atoms with Crippen LogP contribution in [0.3, 0.4) is 0 Å². The van der Waals surface area contributed by atoms with Crippen LogP contribution in [0.4, 0.5) is 0 Å². The summed E-state index contributed by atoms with van der Waals surface area (Å²) < 4.78 is 0. The van der Waals surface area contributed by atoms with E-state index in [0.29, 0.717) is 17.0 Å². The van der Waals surface area contributed by atoms with Gasteiger partial charge < -0.3 is 5.32 Å². The predicted octanol–water partition coefficient (Wildman–Crippen LogP) is 5.94. The van der Waals surface area contributed by atoms with Crippen LogP contribution in [0.25, 0.3) is 21.5 Å². The summed E-state index contributed by atoms with van der Waals surface area (Å²) in [7, 11) is 0. The van der Waals surface area contributed by atoms with Crippen LogP contribution in [0.5, 0.6) is 0 Å². The molecule has 5 nitrogen and oxygen atoms in total. The Kier molecular flexibility index (Phi) is 7.24. The van der Waals surface area contributed by atoms with Gasteiger partial charge in [0.2, 0.25) is 0 Å². The maximum absolute atomic E-state index is 13.0. The normalized spacial score (nSPS) is 12.4. The molecule has 4 aromatic rings. The van der Waals surface area contributed by atoms with E-state index in [4.69, 9.17) is 11.6 Å². The van der Waals surface area contributed by atoms with E-state index in [2.05, 4.69) is 34.0 Å². The third-order valence-corrected chi connectivity index (χ3v) is 5.87. The smallest absolute Gasteiger partial charge is 0.262 e. The quantitative estimate of drug-likeness (QED) is 0.199. The number of carbonyl (C=O) groups is 2. The van der Waals surface area contributed by atoms with Crippen molar-refractivity contribution in [2.75, 3.05) is 0 Å². The van der Waals surface area contributed by atoms with Gasteiger partial charge in [-0.1, -0.05) is 74.0 Å². The second-order valence-electron chi connectivity index (χ2n) is 8.63. The van der Waals surface area contributed by atoms with Crippen molar-refractivity contribution in [3.63, 3.8) is 0 Å². The molecule has 4 rings (SSSR count). The summed E-state index contributed by atoms with van der Waals surface area (Å²) in [5, 5.41) is 11.9. The lowest BCUT2D eigenvalue weighted by Gasteiger charge is -2.19. The molecule has 2 amide bonds. The van der Waals surface area contributed by atoms with Crippen LogP contribution in [0.1, 0.15) is 36.2 Å². The molecule has 6 heteroatoms. The highest BCUT2D eigenvalue weighted by Crippen LogP contribution is 2.27. The number of benzene rings is 4. The lowest BCUT2D eigenvalue weighted by molar-refractivity contribution is -0.123. The van der Waals surface area contributed by atoms with E-state index in [1.54, 1.807) is 30.5 Å². The third kappa shape index (κ3) is 5.43. The van der Waals surface area contributed by atoms with Gasteiger partial charge >= 0.3 is 0 Å². The molecule has 0 aromatic heterocycles. The number of fused-ring (bicyclic) bond motifs is 2. The summed E-state index contributed by atoms with van der Waals surface area (Å²) in [5.41, 5.74) is 4.00. The molecule has 0 aliphatic heterocycles. The topological polar surface area (TPSA) is 70.6 Å². The van der Waals surface area contributed by atoms with Crippen molar-refractivity contribution < 1.29 is 9.59 Å².